The van der Waals surface area contributed by atoms with Gasteiger partial charge in [-0.3, -0.25) is 4.79 Å². The molecule has 0 aliphatic heterocycles. The molecule has 0 saturated heterocycles. The van der Waals surface area contributed by atoms with Gasteiger partial charge >= 0.3 is 5.97 Å². The standard InChI is InChI=1S/C32H29Cl2NO6/c1-39-29-18-26(27(34)19-30(29)40-2)31(36)35(16-6-9-21-7-4-3-5-8-21)20-22-10-13-24(14-11-22)41-28-17-23(33)12-15-25(28)32(37)38/h3-5,7-8,10-15,17-19H,6,9,16,20H2,1-2H3,(H,37,38). The van der Waals surface area contributed by atoms with Crippen LogP contribution < -0.4 is 14.2 Å². The number of hydrogen-bond donors (Lipinski definition) is 1. The number of ether oxygens (including phenoxy) is 3. The second-order valence-electron chi connectivity index (χ2n) is 9.19. The van der Waals surface area contributed by atoms with Crippen LogP contribution in [0.4, 0.5) is 0 Å². The smallest absolute Gasteiger partial charge is 0.339 e. The van der Waals surface area contributed by atoms with E-state index in [9.17, 15) is 14.7 Å². The number of amides is 1. The Morgan fingerprint density at radius 3 is 2.12 bits per heavy atom. The molecule has 0 bridgehead atoms. The normalized spacial score (nSPS) is 10.6. The van der Waals surface area contributed by atoms with Crippen LogP contribution in [-0.2, 0) is 13.0 Å². The molecule has 0 atom stereocenters. The summed E-state index contributed by atoms with van der Waals surface area (Å²) in [6, 6.07) is 24.7. The molecule has 0 aromatic heterocycles. The number of carbonyl (C=O) groups excluding carboxylic acids is 1. The lowest BCUT2D eigenvalue weighted by atomic mass is 10.1. The second-order valence-corrected chi connectivity index (χ2v) is 10.0. The Kier molecular flexibility index (Phi) is 10.1. The maximum atomic E-state index is 13.8. The highest BCUT2D eigenvalue weighted by Crippen LogP contribution is 2.34. The molecular formula is C32H29Cl2NO6. The molecule has 212 valence electrons. The maximum absolute atomic E-state index is 13.8. The zero-order valence-corrected chi connectivity index (χ0v) is 24.1. The van der Waals surface area contributed by atoms with Gasteiger partial charge in [0.15, 0.2) is 11.5 Å². The van der Waals surface area contributed by atoms with Crippen LogP contribution in [0, 0.1) is 0 Å². The average Bonchev–Trinajstić information content (AvgIpc) is 2.97. The summed E-state index contributed by atoms with van der Waals surface area (Å²) in [5, 5.41) is 10.1. The van der Waals surface area contributed by atoms with Crippen molar-refractivity contribution in [2.75, 3.05) is 20.8 Å². The molecule has 4 aromatic rings. The van der Waals surface area contributed by atoms with Crippen molar-refractivity contribution >= 4 is 35.1 Å². The van der Waals surface area contributed by atoms with Gasteiger partial charge in [0.25, 0.3) is 5.91 Å². The number of carboxylic acids is 1. The zero-order valence-electron chi connectivity index (χ0n) is 22.6. The Hall–Kier alpha value is -4.20. The van der Waals surface area contributed by atoms with Gasteiger partial charge in [-0.25, -0.2) is 4.79 Å². The minimum atomic E-state index is -1.12. The van der Waals surface area contributed by atoms with E-state index in [-0.39, 0.29) is 22.2 Å². The van der Waals surface area contributed by atoms with E-state index in [0.717, 1.165) is 18.4 Å². The number of carboxylic acid groups (broad SMARTS) is 1. The number of methoxy groups -OCH3 is 2. The molecule has 7 nitrogen and oxygen atoms in total. The van der Waals surface area contributed by atoms with Gasteiger partial charge < -0.3 is 24.2 Å². The highest BCUT2D eigenvalue weighted by atomic mass is 35.5. The van der Waals surface area contributed by atoms with Crippen molar-refractivity contribution in [3.8, 4) is 23.0 Å². The third kappa shape index (κ3) is 7.72. The van der Waals surface area contributed by atoms with Gasteiger partial charge in [0, 0.05) is 30.2 Å². The van der Waals surface area contributed by atoms with Crippen molar-refractivity contribution in [3.05, 3.63) is 117 Å². The van der Waals surface area contributed by atoms with Gasteiger partial charge in [-0.05, 0) is 54.3 Å². The van der Waals surface area contributed by atoms with E-state index in [2.05, 4.69) is 12.1 Å². The van der Waals surface area contributed by atoms with Gasteiger partial charge in [0.1, 0.15) is 17.1 Å². The Morgan fingerprint density at radius 2 is 1.46 bits per heavy atom. The highest BCUT2D eigenvalue weighted by molar-refractivity contribution is 6.34. The third-order valence-electron chi connectivity index (χ3n) is 6.43. The first-order valence-electron chi connectivity index (χ1n) is 12.8. The molecule has 0 radical (unpaired) electrons. The number of halogens is 2. The van der Waals surface area contributed by atoms with E-state index in [1.54, 1.807) is 29.2 Å². The van der Waals surface area contributed by atoms with Crippen molar-refractivity contribution in [2.24, 2.45) is 0 Å². The molecule has 0 aliphatic rings. The maximum Gasteiger partial charge on any atom is 0.339 e. The van der Waals surface area contributed by atoms with Crippen LogP contribution in [0.25, 0.3) is 0 Å². The predicted octanol–water partition coefficient (Wildman–Crippen LogP) is 7.78. The predicted molar refractivity (Wildman–Crippen MR) is 159 cm³/mol. The topological polar surface area (TPSA) is 85.3 Å². The Bertz CT molecular complexity index is 1510. The summed E-state index contributed by atoms with van der Waals surface area (Å²) in [4.78, 5) is 27.1. The van der Waals surface area contributed by atoms with Crippen LogP contribution in [0.3, 0.4) is 0 Å². The average molecular weight is 594 g/mol. The van der Waals surface area contributed by atoms with Gasteiger partial charge in [0.2, 0.25) is 0 Å². The van der Waals surface area contributed by atoms with Crippen LogP contribution in [0.1, 0.15) is 38.3 Å². The SMILES string of the molecule is COc1cc(Cl)c(C(=O)N(CCCc2ccccc2)Cc2ccc(Oc3cc(Cl)ccc3C(=O)O)cc2)cc1OC. The lowest BCUT2D eigenvalue weighted by molar-refractivity contribution is 0.0692. The zero-order chi connectivity index (χ0) is 29.4. The Morgan fingerprint density at radius 1 is 0.780 bits per heavy atom. The number of nitrogens with zero attached hydrogens (tertiary/aromatic N) is 1. The lowest BCUT2D eigenvalue weighted by Crippen LogP contribution is -2.32. The fourth-order valence-electron chi connectivity index (χ4n) is 4.33. The molecule has 0 spiro atoms. The summed E-state index contributed by atoms with van der Waals surface area (Å²) in [7, 11) is 3.01. The van der Waals surface area contributed by atoms with Crippen molar-refractivity contribution < 1.29 is 28.9 Å². The fraction of sp³-hybridized carbons (Fsp3) is 0.188. The Labute approximate surface area is 248 Å². The number of aromatic carboxylic acids is 1. The molecular weight excluding hydrogens is 565 g/mol. The first kappa shape index (κ1) is 29.8. The number of rotatable bonds is 12. The monoisotopic (exact) mass is 593 g/mol. The second kappa shape index (κ2) is 13.9. The molecule has 9 heteroatoms. The molecule has 1 N–H and O–H groups in total. The molecule has 41 heavy (non-hydrogen) atoms. The molecule has 0 saturated carbocycles. The largest absolute Gasteiger partial charge is 0.493 e. The van der Waals surface area contributed by atoms with Crippen molar-refractivity contribution in [2.45, 2.75) is 19.4 Å². The first-order valence-corrected chi connectivity index (χ1v) is 13.6. The van der Waals surface area contributed by atoms with E-state index in [4.69, 9.17) is 37.4 Å². The molecule has 0 heterocycles. The Balaban J connectivity index is 1.55. The summed E-state index contributed by atoms with van der Waals surface area (Å²) in [6.07, 6.45) is 1.55. The van der Waals surface area contributed by atoms with Crippen LogP contribution in [0.5, 0.6) is 23.0 Å². The minimum Gasteiger partial charge on any atom is -0.493 e. The van der Waals surface area contributed by atoms with Crippen LogP contribution in [0.2, 0.25) is 10.0 Å². The molecule has 4 rings (SSSR count). The first-order chi connectivity index (χ1) is 19.8. The van der Waals surface area contributed by atoms with E-state index in [1.807, 2.05) is 30.3 Å². The van der Waals surface area contributed by atoms with Crippen LogP contribution in [-0.4, -0.2) is 42.6 Å². The number of carbonyl (C=O) groups is 2. The number of aryl methyl sites for hydroxylation is 1. The van der Waals surface area contributed by atoms with Gasteiger partial charge in [-0.2, -0.15) is 0 Å². The summed E-state index contributed by atoms with van der Waals surface area (Å²) in [5.41, 5.74) is 2.35. The molecule has 0 aliphatic carbocycles. The highest BCUT2D eigenvalue weighted by Gasteiger charge is 2.22. The quantitative estimate of drug-likeness (QED) is 0.180. The summed E-state index contributed by atoms with van der Waals surface area (Å²) in [5.74, 6) is 0.0573. The van der Waals surface area contributed by atoms with E-state index >= 15 is 0 Å². The third-order valence-corrected chi connectivity index (χ3v) is 6.97. The molecule has 0 unspecified atom stereocenters. The van der Waals surface area contributed by atoms with E-state index in [0.29, 0.717) is 40.9 Å². The van der Waals surface area contributed by atoms with Gasteiger partial charge in [-0.15, -0.1) is 0 Å². The van der Waals surface area contributed by atoms with Gasteiger partial charge in [-0.1, -0.05) is 65.7 Å². The molecule has 1 amide bonds. The van der Waals surface area contributed by atoms with Crippen molar-refractivity contribution in [1.29, 1.82) is 0 Å². The van der Waals surface area contributed by atoms with Gasteiger partial charge in [0.05, 0.1) is 24.8 Å². The number of benzene rings is 4. The van der Waals surface area contributed by atoms with E-state index in [1.165, 1.54) is 38.0 Å². The minimum absolute atomic E-state index is 0.000429. The summed E-state index contributed by atoms with van der Waals surface area (Å²) in [6.45, 7) is 0.803. The summed E-state index contributed by atoms with van der Waals surface area (Å²) < 4.78 is 16.5. The lowest BCUT2D eigenvalue weighted by Gasteiger charge is -2.24. The summed E-state index contributed by atoms with van der Waals surface area (Å²) >= 11 is 12.5. The van der Waals surface area contributed by atoms with Crippen LogP contribution in [0.15, 0.2) is 84.9 Å². The van der Waals surface area contributed by atoms with Crippen molar-refractivity contribution in [1.82, 2.24) is 4.90 Å². The fourth-order valence-corrected chi connectivity index (χ4v) is 4.72. The van der Waals surface area contributed by atoms with Crippen LogP contribution >= 0.6 is 23.2 Å². The van der Waals surface area contributed by atoms with E-state index < -0.39 is 5.97 Å². The molecule has 0 fully saturated rings. The number of hydrogen-bond acceptors (Lipinski definition) is 5. The van der Waals surface area contributed by atoms with Crippen molar-refractivity contribution in [3.63, 3.8) is 0 Å². The molecule has 4 aromatic carbocycles.